The normalized spacial score (nSPS) is 20.4. The van der Waals surface area contributed by atoms with Crippen molar-refractivity contribution in [2.24, 2.45) is 0 Å². The largest absolute Gasteiger partial charge is 0.496 e. The Labute approximate surface area is 200 Å². The van der Waals surface area contributed by atoms with Gasteiger partial charge in [0.15, 0.2) is 5.78 Å². The average molecular weight is 452 g/mol. The highest BCUT2D eigenvalue weighted by Crippen LogP contribution is 2.48. The first-order valence-corrected chi connectivity index (χ1v) is 11.8. The number of methoxy groups -OCH3 is 1. The van der Waals surface area contributed by atoms with Gasteiger partial charge < -0.3 is 4.74 Å². The molecule has 2 atom stereocenters. The van der Waals surface area contributed by atoms with Gasteiger partial charge in [0, 0.05) is 35.6 Å². The molecule has 5 rings (SSSR count). The van der Waals surface area contributed by atoms with Gasteiger partial charge in [-0.15, -0.1) is 0 Å². The Balaban J connectivity index is 1.70. The van der Waals surface area contributed by atoms with Crippen LogP contribution in [0.3, 0.4) is 0 Å². The number of benzene rings is 3. The lowest BCUT2D eigenvalue weighted by molar-refractivity contribution is -0.120. The topological polar surface area (TPSA) is 46.6 Å². The molecule has 1 aliphatic carbocycles. The zero-order valence-electron chi connectivity index (χ0n) is 19.9. The first kappa shape index (κ1) is 22.1. The van der Waals surface area contributed by atoms with Crippen LogP contribution >= 0.6 is 0 Å². The molecule has 172 valence electrons. The van der Waals surface area contributed by atoms with Crippen LogP contribution < -0.4 is 9.64 Å². The third kappa shape index (κ3) is 3.73. The second kappa shape index (κ2) is 8.94. The number of carbonyl (C=O) groups is 2. The molecule has 0 fully saturated rings. The van der Waals surface area contributed by atoms with E-state index in [0.29, 0.717) is 18.6 Å². The number of aryl methyl sites for hydroxylation is 1. The quantitative estimate of drug-likeness (QED) is 0.472. The van der Waals surface area contributed by atoms with E-state index in [0.717, 1.165) is 39.2 Å². The molecule has 0 spiro atoms. The third-order valence-electron chi connectivity index (χ3n) is 7.33. The molecule has 34 heavy (non-hydrogen) atoms. The van der Waals surface area contributed by atoms with E-state index < -0.39 is 0 Å². The molecular formula is C30H29NO3. The summed E-state index contributed by atoms with van der Waals surface area (Å²) in [5.41, 5.74) is 6.70. The zero-order chi connectivity index (χ0) is 23.8. The summed E-state index contributed by atoms with van der Waals surface area (Å²) in [6.45, 7) is 4.10. The number of ketones is 1. The second-order valence-corrected chi connectivity index (χ2v) is 9.25. The maximum atomic E-state index is 13.8. The Morgan fingerprint density at radius 2 is 1.56 bits per heavy atom. The number of Topliss-reactive ketones (excluding diaryl/α,β-unsaturated/α-hetero) is 1. The van der Waals surface area contributed by atoms with Gasteiger partial charge in [0.05, 0.1) is 12.8 Å². The number of para-hydroxylation sites is 1. The molecular weight excluding hydrogens is 422 g/mol. The molecule has 2 aliphatic rings. The lowest BCUT2D eigenvalue weighted by Crippen LogP contribution is -2.42. The number of rotatable bonds is 4. The molecule has 4 heteroatoms. The van der Waals surface area contributed by atoms with Crippen LogP contribution in [0.5, 0.6) is 5.75 Å². The molecule has 2 unspecified atom stereocenters. The van der Waals surface area contributed by atoms with Crippen molar-refractivity contribution >= 4 is 17.4 Å². The lowest BCUT2D eigenvalue weighted by Gasteiger charge is -2.41. The summed E-state index contributed by atoms with van der Waals surface area (Å²) < 4.78 is 5.63. The van der Waals surface area contributed by atoms with Gasteiger partial charge in [0.25, 0.3) is 0 Å². The number of ether oxygens (including phenoxy) is 1. The summed E-state index contributed by atoms with van der Waals surface area (Å²) in [4.78, 5) is 29.4. The molecule has 0 saturated heterocycles. The minimum absolute atomic E-state index is 0.0184. The summed E-state index contributed by atoms with van der Waals surface area (Å²) in [5, 5.41) is 0. The van der Waals surface area contributed by atoms with E-state index >= 15 is 0 Å². The molecule has 1 amide bonds. The van der Waals surface area contributed by atoms with Crippen molar-refractivity contribution in [1.29, 1.82) is 0 Å². The number of allylic oxidation sites excluding steroid dienone is 2. The second-order valence-electron chi connectivity index (χ2n) is 9.25. The minimum Gasteiger partial charge on any atom is -0.496 e. The van der Waals surface area contributed by atoms with Gasteiger partial charge in [-0.2, -0.15) is 0 Å². The fourth-order valence-corrected chi connectivity index (χ4v) is 5.47. The van der Waals surface area contributed by atoms with Crippen LogP contribution in [0.2, 0.25) is 0 Å². The third-order valence-corrected chi connectivity index (χ3v) is 7.33. The van der Waals surface area contributed by atoms with E-state index in [9.17, 15) is 9.59 Å². The maximum Gasteiger partial charge on any atom is 0.232 e. The number of amides is 1. The highest BCUT2D eigenvalue weighted by atomic mass is 16.5. The fraction of sp³-hybridized carbons (Fsp3) is 0.267. The molecule has 0 radical (unpaired) electrons. The standard InChI is InChI=1S/C30H29NO3/c1-19-10-9-14-25(20(19)2)31-26-16-22(21-11-5-4-6-12-21)17-27(32)30(26)24(18-29(31)33)23-13-7-8-15-28(23)34-3/h4-15,22,24H,16-18H2,1-3H3. The number of carbonyl (C=O) groups excluding carboxylic acids is 2. The van der Waals surface area contributed by atoms with E-state index in [4.69, 9.17) is 4.74 Å². The predicted octanol–water partition coefficient (Wildman–Crippen LogP) is 6.23. The highest BCUT2D eigenvalue weighted by molar-refractivity contribution is 6.08. The van der Waals surface area contributed by atoms with Crippen LogP contribution in [0, 0.1) is 13.8 Å². The smallest absolute Gasteiger partial charge is 0.232 e. The Morgan fingerprint density at radius 1 is 0.824 bits per heavy atom. The van der Waals surface area contributed by atoms with Crippen molar-refractivity contribution in [2.45, 2.75) is 44.9 Å². The molecule has 3 aromatic rings. The van der Waals surface area contributed by atoms with Crippen LogP contribution in [-0.4, -0.2) is 18.8 Å². The Morgan fingerprint density at radius 3 is 2.32 bits per heavy atom. The van der Waals surface area contributed by atoms with Gasteiger partial charge in [-0.3, -0.25) is 14.5 Å². The maximum absolute atomic E-state index is 13.8. The van der Waals surface area contributed by atoms with Crippen LogP contribution in [-0.2, 0) is 9.59 Å². The van der Waals surface area contributed by atoms with E-state index in [2.05, 4.69) is 25.1 Å². The zero-order valence-corrected chi connectivity index (χ0v) is 19.9. The first-order chi connectivity index (χ1) is 16.5. The number of hydrogen-bond acceptors (Lipinski definition) is 3. The van der Waals surface area contributed by atoms with Gasteiger partial charge in [-0.1, -0.05) is 60.7 Å². The summed E-state index contributed by atoms with van der Waals surface area (Å²) in [6.07, 6.45) is 1.34. The van der Waals surface area contributed by atoms with E-state index in [-0.39, 0.29) is 29.9 Å². The van der Waals surface area contributed by atoms with E-state index in [1.165, 1.54) is 0 Å². The van der Waals surface area contributed by atoms with Gasteiger partial charge in [-0.05, 0) is 55.0 Å². The molecule has 1 aliphatic heterocycles. The van der Waals surface area contributed by atoms with Crippen molar-refractivity contribution in [3.05, 3.63) is 106 Å². The van der Waals surface area contributed by atoms with Crippen molar-refractivity contribution in [3.63, 3.8) is 0 Å². The molecule has 0 bridgehead atoms. The number of hydrogen-bond donors (Lipinski definition) is 0. The van der Waals surface area contributed by atoms with Gasteiger partial charge in [0.1, 0.15) is 5.75 Å². The van der Waals surface area contributed by atoms with E-state index in [1.54, 1.807) is 7.11 Å². The van der Waals surface area contributed by atoms with Crippen LogP contribution in [0.1, 0.15) is 53.4 Å². The Kier molecular flexibility index (Phi) is 5.82. The van der Waals surface area contributed by atoms with Gasteiger partial charge >= 0.3 is 0 Å². The van der Waals surface area contributed by atoms with Gasteiger partial charge in [-0.25, -0.2) is 0 Å². The fourth-order valence-electron chi connectivity index (χ4n) is 5.47. The number of nitrogens with zero attached hydrogens (tertiary/aromatic N) is 1. The molecule has 0 saturated carbocycles. The molecule has 1 heterocycles. The SMILES string of the molecule is COc1ccccc1C1CC(=O)N(c2cccc(C)c2C)C2=C1C(=O)CC(c1ccccc1)C2. The lowest BCUT2D eigenvalue weighted by atomic mass is 9.72. The average Bonchev–Trinajstić information content (AvgIpc) is 2.86. The Hall–Kier alpha value is -3.66. The highest BCUT2D eigenvalue weighted by Gasteiger charge is 2.43. The minimum atomic E-state index is -0.302. The summed E-state index contributed by atoms with van der Waals surface area (Å²) in [6, 6.07) is 23.9. The number of anilines is 1. The van der Waals surface area contributed by atoms with Crippen molar-refractivity contribution < 1.29 is 14.3 Å². The van der Waals surface area contributed by atoms with E-state index in [1.807, 2.05) is 66.4 Å². The summed E-state index contributed by atoms with van der Waals surface area (Å²) >= 11 is 0. The van der Waals surface area contributed by atoms with Crippen LogP contribution in [0.25, 0.3) is 0 Å². The summed E-state index contributed by atoms with van der Waals surface area (Å²) in [7, 11) is 1.63. The summed E-state index contributed by atoms with van der Waals surface area (Å²) in [5.74, 6) is 0.595. The molecule has 3 aromatic carbocycles. The van der Waals surface area contributed by atoms with Crippen molar-refractivity contribution in [3.8, 4) is 5.75 Å². The first-order valence-electron chi connectivity index (χ1n) is 11.8. The van der Waals surface area contributed by atoms with Crippen molar-refractivity contribution in [1.82, 2.24) is 0 Å². The Bertz CT molecular complexity index is 1290. The molecule has 0 aromatic heterocycles. The van der Waals surface area contributed by atoms with Gasteiger partial charge in [0.2, 0.25) is 5.91 Å². The molecule has 4 nitrogen and oxygen atoms in total. The van der Waals surface area contributed by atoms with Crippen LogP contribution in [0.15, 0.2) is 84.1 Å². The predicted molar refractivity (Wildman–Crippen MR) is 134 cm³/mol. The monoisotopic (exact) mass is 451 g/mol. The van der Waals surface area contributed by atoms with Crippen molar-refractivity contribution in [2.75, 3.05) is 12.0 Å². The molecule has 0 N–H and O–H groups in total. The van der Waals surface area contributed by atoms with Crippen LogP contribution in [0.4, 0.5) is 5.69 Å².